The van der Waals surface area contributed by atoms with Crippen molar-refractivity contribution in [1.29, 1.82) is 0 Å². The Kier molecular flexibility index (Phi) is 4.78. The highest BCUT2D eigenvalue weighted by molar-refractivity contribution is 6.10. The van der Waals surface area contributed by atoms with Gasteiger partial charge >= 0.3 is 6.03 Å². The number of urea groups is 1. The lowest BCUT2D eigenvalue weighted by Crippen LogP contribution is -2.11. The van der Waals surface area contributed by atoms with E-state index in [4.69, 9.17) is 0 Å². The molecular formula is C17H18N2O3. The van der Waals surface area contributed by atoms with Crippen LogP contribution in [0.15, 0.2) is 47.5 Å². The Morgan fingerprint density at radius 3 is 2.45 bits per heavy atom. The van der Waals surface area contributed by atoms with Gasteiger partial charge in [-0.3, -0.25) is 0 Å². The maximum atomic E-state index is 12.0. The van der Waals surface area contributed by atoms with E-state index < -0.39 is 6.03 Å². The number of phenolic OH excluding ortho intramolecular Hbond substituents is 2. The molecule has 0 bridgehead atoms. The number of benzene rings is 2. The molecule has 0 aliphatic heterocycles. The van der Waals surface area contributed by atoms with Crippen molar-refractivity contribution in [2.45, 2.75) is 20.3 Å². The summed E-state index contributed by atoms with van der Waals surface area (Å²) in [6.45, 7) is 3.45. The lowest BCUT2D eigenvalue weighted by Gasteiger charge is -2.10. The van der Waals surface area contributed by atoms with E-state index in [1.54, 1.807) is 25.1 Å². The number of nitrogens with one attached hydrogen (secondary N) is 1. The minimum atomic E-state index is -0.506. The molecule has 0 spiro atoms. The molecule has 0 aromatic heterocycles. The Balaban J connectivity index is 2.28. The molecule has 5 heteroatoms. The topological polar surface area (TPSA) is 81.9 Å². The van der Waals surface area contributed by atoms with Gasteiger partial charge in [-0.25, -0.2) is 4.79 Å². The number of carbonyl (C=O) groups is 1. The molecule has 0 saturated carbocycles. The lowest BCUT2D eigenvalue weighted by atomic mass is 10.0. The molecule has 2 aromatic rings. The summed E-state index contributed by atoms with van der Waals surface area (Å²) in [5.41, 5.74) is 1.91. The quantitative estimate of drug-likeness (QED) is 0.753. The first-order chi connectivity index (χ1) is 10.5. The second-order valence-corrected chi connectivity index (χ2v) is 4.81. The van der Waals surface area contributed by atoms with Gasteiger partial charge in [0, 0.05) is 16.8 Å². The average molecular weight is 298 g/mol. The number of nitrogens with zero attached hydrogens (tertiary/aromatic N) is 1. The van der Waals surface area contributed by atoms with Crippen LogP contribution in [0.3, 0.4) is 0 Å². The van der Waals surface area contributed by atoms with Crippen LogP contribution in [-0.2, 0) is 0 Å². The van der Waals surface area contributed by atoms with Crippen LogP contribution in [0, 0.1) is 6.92 Å². The number of rotatable bonds is 3. The van der Waals surface area contributed by atoms with Crippen LogP contribution >= 0.6 is 0 Å². The number of amides is 2. The molecule has 5 nitrogen and oxygen atoms in total. The third-order valence-corrected chi connectivity index (χ3v) is 3.31. The second kappa shape index (κ2) is 6.76. The van der Waals surface area contributed by atoms with E-state index in [9.17, 15) is 15.0 Å². The molecule has 2 amide bonds. The van der Waals surface area contributed by atoms with Gasteiger partial charge in [0.15, 0.2) is 0 Å². The summed E-state index contributed by atoms with van der Waals surface area (Å²) in [5, 5.41) is 22.4. The van der Waals surface area contributed by atoms with E-state index in [2.05, 4.69) is 10.3 Å². The summed E-state index contributed by atoms with van der Waals surface area (Å²) in [4.78, 5) is 16.0. The molecule has 2 rings (SSSR count). The van der Waals surface area contributed by atoms with Crippen LogP contribution in [0.5, 0.6) is 11.5 Å². The van der Waals surface area contributed by atoms with Crippen LogP contribution in [0.4, 0.5) is 10.5 Å². The van der Waals surface area contributed by atoms with Gasteiger partial charge in [0.25, 0.3) is 0 Å². The van der Waals surface area contributed by atoms with Gasteiger partial charge in [0.1, 0.15) is 11.5 Å². The van der Waals surface area contributed by atoms with Crippen molar-refractivity contribution in [2.75, 3.05) is 5.32 Å². The standard InChI is InChI=1S/C17H18N2O3/c1-3-14(13-9-10-15(20)11(2)16(13)21)19-17(22)18-12-7-5-4-6-8-12/h4-10,20-21H,3H2,1-2H3,(H,18,22). The van der Waals surface area contributed by atoms with Gasteiger partial charge < -0.3 is 15.5 Å². The highest BCUT2D eigenvalue weighted by Gasteiger charge is 2.13. The zero-order valence-corrected chi connectivity index (χ0v) is 12.5. The third-order valence-electron chi connectivity index (χ3n) is 3.31. The molecule has 0 aliphatic carbocycles. The number of aromatic hydroxyl groups is 2. The largest absolute Gasteiger partial charge is 0.508 e. The van der Waals surface area contributed by atoms with Crippen molar-refractivity contribution in [3.8, 4) is 11.5 Å². The summed E-state index contributed by atoms with van der Waals surface area (Å²) >= 11 is 0. The smallest absolute Gasteiger partial charge is 0.345 e. The van der Waals surface area contributed by atoms with Crippen LogP contribution in [0.25, 0.3) is 0 Å². The predicted octanol–water partition coefficient (Wildman–Crippen LogP) is 3.84. The zero-order valence-electron chi connectivity index (χ0n) is 12.5. The zero-order chi connectivity index (χ0) is 16.1. The predicted molar refractivity (Wildman–Crippen MR) is 86.8 cm³/mol. The van der Waals surface area contributed by atoms with Gasteiger partial charge in [0.05, 0.1) is 5.71 Å². The van der Waals surface area contributed by atoms with Crippen molar-refractivity contribution in [2.24, 2.45) is 4.99 Å². The number of hydrogen-bond donors (Lipinski definition) is 3. The Bertz CT molecular complexity index is 709. The molecule has 2 aromatic carbocycles. The molecule has 22 heavy (non-hydrogen) atoms. The first-order valence-electron chi connectivity index (χ1n) is 6.98. The number of aliphatic imine (C=N–C) groups is 1. The summed E-state index contributed by atoms with van der Waals surface area (Å²) in [6.07, 6.45) is 0.472. The first kappa shape index (κ1) is 15.6. The Morgan fingerprint density at radius 2 is 1.82 bits per heavy atom. The van der Waals surface area contributed by atoms with Crippen molar-refractivity contribution in [1.82, 2.24) is 0 Å². The molecule has 114 valence electrons. The van der Waals surface area contributed by atoms with E-state index in [0.29, 0.717) is 28.9 Å². The SMILES string of the molecule is CCC(=NC(=O)Nc1ccccc1)c1ccc(O)c(C)c1O. The fourth-order valence-corrected chi connectivity index (χ4v) is 2.05. The fourth-order valence-electron chi connectivity index (χ4n) is 2.05. The molecular weight excluding hydrogens is 280 g/mol. The van der Waals surface area contributed by atoms with Crippen LogP contribution in [-0.4, -0.2) is 22.0 Å². The second-order valence-electron chi connectivity index (χ2n) is 4.81. The maximum absolute atomic E-state index is 12.0. The summed E-state index contributed by atoms with van der Waals surface area (Å²) in [6, 6.07) is 11.5. The third kappa shape index (κ3) is 3.44. The van der Waals surface area contributed by atoms with Gasteiger partial charge in [-0.2, -0.15) is 4.99 Å². The number of para-hydroxylation sites is 1. The van der Waals surface area contributed by atoms with Crippen LogP contribution < -0.4 is 5.32 Å². The number of phenols is 2. The van der Waals surface area contributed by atoms with Crippen molar-refractivity contribution >= 4 is 17.4 Å². The van der Waals surface area contributed by atoms with E-state index in [1.807, 2.05) is 25.1 Å². The molecule has 0 fully saturated rings. The highest BCUT2D eigenvalue weighted by Crippen LogP contribution is 2.30. The van der Waals surface area contributed by atoms with E-state index >= 15 is 0 Å². The van der Waals surface area contributed by atoms with Gasteiger partial charge in [-0.05, 0) is 37.6 Å². The Labute approximate surface area is 129 Å². The highest BCUT2D eigenvalue weighted by atomic mass is 16.3. The Hall–Kier alpha value is -2.82. The number of anilines is 1. The number of hydrogen-bond acceptors (Lipinski definition) is 3. The summed E-state index contributed by atoms with van der Waals surface area (Å²) in [7, 11) is 0. The summed E-state index contributed by atoms with van der Waals surface area (Å²) < 4.78 is 0. The van der Waals surface area contributed by atoms with Gasteiger partial charge in [-0.1, -0.05) is 25.1 Å². The van der Waals surface area contributed by atoms with E-state index in [-0.39, 0.29) is 11.5 Å². The molecule has 3 N–H and O–H groups in total. The van der Waals surface area contributed by atoms with Gasteiger partial charge in [0.2, 0.25) is 0 Å². The normalized spacial score (nSPS) is 11.3. The molecule has 0 unspecified atom stereocenters. The van der Waals surface area contributed by atoms with Gasteiger partial charge in [-0.15, -0.1) is 0 Å². The monoisotopic (exact) mass is 298 g/mol. The Morgan fingerprint density at radius 1 is 1.14 bits per heavy atom. The molecule has 0 radical (unpaired) electrons. The van der Waals surface area contributed by atoms with E-state index in [0.717, 1.165) is 0 Å². The van der Waals surface area contributed by atoms with Crippen LogP contribution in [0.1, 0.15) is 24.5 Å². The number of carbonyl (C=O) groups excluding carboxylic acids is 1. The average Bonchev–Trinajstić information content (AvgIpc) is 2.52. The summed E-state index contributed by atoms with van der Waals surface area (Å²) in [5.74, 6) is -0.0569. The molecule has 0 saturated heterocycles. The lowest BCUT2D eigenvalue weighted by molar-refractivity contribution is 0.259. The fraction of sp³-hybridized carbons (Fsp3) is 0.176. The molecule has 0 heterocycles. The van der Waals surface area contributed by atoms with Crippen molar-refractivity contribution in [3.63, 3.8) is 0 Å². The van der Waals surface area contributed by atoms with Crippen molar-refractivity contribution < 1.29 is 15.0 Å². The van der Waals surface area contributed by atoms with Crippen molar-refractivity contribution in [3.05, 3.63) is 53.6 Å². The first-order valence-corrected chi connectivity index (χ1v) is 6.98. The maximum Gasteiger partial charge on any atom is 0.345 e. The minimum absolute atomic E-state index is 0.00504. The van der Waals surface area contributed by atoms with E-state index in [1.165, 1.54) is 6.07 Å². The van der Waals surface area contributed by atoms with Crippen LogP contribution in [0.2, 0.25) is 0 Å². The minimum Gasteiger partial charge on any atom is -0.508 e. The molecule has 0 aliphatic rings. The molecule has 0 atom stereocenters.